The Bertz CT molecular complexity index is 1140. The van der Waals surface area contributed by atoms with Crippen LogP contribution in [0.3, 0.4) is 0 Å². The molecule has 152 valence electrons. The predicted octanol–water partition coefficient (Wildman–Crippen LogP) is 5.64. The molecule has 0 saturated carbocycles. The lowest BCUT2D eigenvalue weighted by molar-refractivity contribution is -0.120. The number of rotatable bonds is 4. The van der Waals surface area contributed by atoms with Gasteiger partial charge < -0.3 is 0 Å². The Morgan fingerprint density at radius 2 is 1.19 bits per heavy atom. The molecule has 0 bridgehead atoms. The standard InChI is InChI=1S/C25H17ClN2O2S/c26-22-17-8-7-10-18(22)11-9-16-21-23(29)27(19-12-3-1-4-13-19)25(31)28(24(21)30)20-14-5-2-6-15-20/h1-17H/b11-9+. The summed E-state index contributed by atoms with van der Waals surface area (Å²) < 4.78 is 0. The summed E-state index contributed by atoms with van der Waals surface area (Å²) in [5.74, 6) is -0.950. The Morgan fingerprint density at radius 3 is 1.71 bits per heavy atom. The van der Waals surface area contributed by atoms with Gasteiger partial charge in [-0.3, -0.25) is 19.4 Å². The first-order valence-electron chi connectivity index (χ1n) is 9.54. The Morgan fingerprint density at radius 1 is 0.710 bits per heavy atom. The average Bonchev–Trinajstić information content (AvgIpc) is 2.79. The van der Waals surface area contributed by atoms with Crippen LogP contribution >= 0.6 is 23.8 Å². The van der Waals surface area contributed by atoms with E-state index in [9.17, 15) is 9.59 Å². The fourth-order valence-corrected chi connectivity index (χ4v) is 3.79. The second kappa shape index (κ2) is 9.08. The number of amides is 2. The number of nitrogens with zero attached hydrogens (tertiary/aromatic N) is 2. The van der Waals surface area contributed by atoms with Crippen LogP contribution in [0, 0.1) is 0 Å². The fourth-order valence-electron chi connectivity index (χ4n) is 3.22. The molecule has 4 rings (SSSR count). The van der Waals surface area contributed by atoms with Crippen LogP contribution in [0.5, 0.6) is 0 Å². The van der Waals surface area contributed by atoms with Crippen LogP contribution in [0.25, 0.3) is 6.08 Å². The van der Waals surface area contributed by atoms with Gasteiger partial charge in [0, 0.05) is 5.02 Å². The van der Waals surface area contributed by atoms with E-state index in [1.54, 1.807) is 42.5 Å². The van der Waals surface area contributed by atoms with E-state index in [0.717, 1.165) is 5.56 Å². The molecule has 0 aliphatic carbocycles. The number of para-hydroxylation sites is 2. The molecular weight excluding hydrogens is 428 g/mol. The zero-order valence-electron chi connectivity index (χ0n) is 16.3. The Labute approximate surface area is 190 Å². The summed E-state index contributed by atoms with van der Waals surface area (Å²) in [7, 11) is 0. The summed E-state index contributed by atoms with van der Waals surface area (Å²) >= 11 is 11.8. The first-order chi connectivity index (χ1) is 15.1. The lowest BCUT2D eigenvalue weighted by Crippen LogP contribution is -2.57. The topological polar surface area (TPSA) is 40.6 Å². The highest BCUT2D eigenvalue weighted by atomic mass is 35.5. The van der Waals surface area contributed by atoms with Gasteiger partial charge >= 0.3 is 0 Å². The van der Waals surface area contributed by atoms with Crippen molar-refractivity contribution in [1.82, 2.24) is 0 Å². The van der Waals surface area contributed by atoms with E-state index < -0.39 is 11.8 Å². The van der Waals surface area contributed by atoms with E-state index in [4.69, 9.17) is 23.8 Å². The van der Waals surface area contributed by atoms with Gasteiger partial charge in [-0.25, -0.2) is 0 Å². The second-order valence-electron chi connectivity index (χ2n) is 6.70. The van der Waals surface area contributed by atoms with Crippen molar-refractivity contribution in [2.24, 2.45) is 0 Å². The predicted molar refractivity (Wildman–Crippen MR) is 129 cm³/mol. The minimum absolute atomic E-state index is 0.00427. The molecule has 0 N–H and O–H groups in total. The van der Waals surface area contributed by atoms with Gasteiger partial charge in [-0.1, -0.05) is 78.4 Å². The molecule has 1 heterocycles. The third-order valence-electron chi connectivity index (χ3n) is 4.72. The average molecular weight is 445 g/mol. The first kappa shape index (κ1) is 20.7. The summed E-state index contributed by atoms with van der Waals surface area (Å²) in [6.45, 7) is 0. The van der Waals surface area contributed by atoms with Crippen molar-refractivity contribution >= 4 is 58.2 Å². The zero-order valence-corrected chi connectivity index (χ0v) is 17.9. The van der Waals surface area contributed by atoms with Gasteiger partial charge in [0.1, 0.15) is 5.57 Å². The van der Waals surface area contributed by atoms with E-state index in [0.29, 0.717) is 16.4 Å². The van der Waals surface area contributed by atoms with Crippen LogP contribution in [0.1, 0.15) is 5.56 Å². The molecule has 6 heteroatoms. The summed E-state index contributed by atoms with van der Waals surface area (Å²) in [6.07, 6.45) is 4.90. The first-order valence-corrected chi connectivity index (χ1v) is 10.3. The second-order valence-corrected chi connectivity index (χ2v) is 7.47. The molecule has 0 radical (unpaired) electrons. The monoisotopic (exact) mass is 444 g/mol. The molecule has 0 unspecified atom stereocenters. The van der Waals surface area contributed by atoms with Crippen molar-refractivity contribution in [2.75, 3.05) is 9.80 Å². The van der Waals surface area contributed by atoms with E-state index >= 15 is 0 Å². The quantitative estimate of drug-likeness (QED) is 0.297. The number of allylic oxidation sites excluding steroid dienone is 2. The lowest BCUT2D eigenvalue weighted by Gasteiger charge is -2.36. The van der Waals surface area contributed by atoms with Gasteiger partial charge in [-0.2, -0.15) is 0 Å². The third-order valence-corrected chi connectivity index (χ3v) is 5.43. The van der Waals surface area contributed by atoms with Crippen LogP contribution in [0.15, 0.2) is 103 Å². The highest BCUT2D eigenvalue weighted by Gasteiger charge is 2.40. The van der Waals surface area contributed by atoms with E-state index in [-0.39, 0.29) is 10.7 Å². The van der Waals surface area contributed by atoms with Crippen molar-refractivity contribution in [3.8, 4) is 0 Å². The van der Waals surface area contributed by atoms with Crippen molar-refractivity contribution in [3.63, 3.8) is 0 Å². The third kappa shape index (κ3) is 4.19. The minimum Gasteiger partial charge on any atom is -0.268 e. The van der Waals surface area contributed by atoms with Crippen LogP contribution in [0.4, 0.5) is 11.4 Å². The lowest BCUT2D eigenvalue weighted by atomic mass is 10.1. The number of anilines is 2. The van der Waals surface area contributed by atoms with Gasteiger partial charge in [0.25, 0.3) is 11.8 Å². The van der Waals surface area contributed by atoms with Gasteiger partial charge in [-0.15, -0.1) is 0 Å². The summed E-state index contributed by atoms with van der Waals surface area (Å²) in [4.78, 5) is 29.3. The molecule has 1 saturated heterocycles. The molecular formula is C25H17ClN2O2S. The smallest absolute Gasteiger partial charge is 0.268 e. The number of hydrogen-bond donors (Lipinski definition) is 0. The highest BCUT2D eigenvalue weighted by molar-refractivity contribution is 7.81. The largest absolute Gasteiger partial charge is 0.270 e. The molecule has 0 spiro atoms. The van der Waals surface area contributed by atoms with Crippen LogP contribution in [0.2, 0.25) is 5.02 Å². The fraction of sp³-hybridized carbons (Fsp3) is 0. The van der Waals surface area contributed by atoms with Crippen LogP contribution in [-0.2, 0) is 9.59 Å². The van der Waals surface area contributed by atoms with Crippen molar-refractivity contribution in [1.29, 1.82) is 0 Å². The maximum Gasteiger partial charge on any atom is 0.270 e. The molecule has 2 amide bonds. The van der Waals surface area contributed by atoms with Gasteiger partial charge in [-0.05, 0) is 54.2 Å². The van der Waals surface area contributed by atoms with Crippen molar-refractivity contribution < 1.29 is 9.59 Å². The number of carbonyl (C=O) groups excluding carboxylic acids is 2. The Hall–Kier alpha value is -3.54. The number of halogens is 1. The Balaban J connectivity index is 1.78. The SMILES string of the molecule is O=C1C(=C/C=C/c2ccccc2Cl)C(=O)N(c2ccccc2)C(=S)N1c1ccccc1. The van der Waals surface area contributed by atoms with Crippen LogP contribution < -0.4 is 9.80 Å². The maximum absolute atomic E-state index is 13.3. The summed E-state index contributed by atoms with van der Waals surface area (Å²) in [5, 5.41) is 0.691. The molecule has 1 aliphatic rings. The maximum atomic E-state index is 13.3. The van der Waals surface area contributed by atoms with Gasteiger partial charge in [0.05, 0.1) is 11.4 Å². The highest BCUT2D eigenvalue weighted by Crippen LogP contribution is 2.29. The van der Waals surface area contributed by atoms with Crippen molar-refractivity contribution in [3.05, 3.63) is 113 Å². The van der Waals surface area contributed by atoms with Crippen molar-refractivity contribution in [2.45, 2.75) is 0 Å². The van der Waals surface area contributed by atoms with Gasteiger partial charge in [0.2, 0.25) is 0 Å². The summed E-state index contributed by atoms with van der Waals surface area (Å²) in [5.41, 5.74) is 1.97. The van der Waals surface area contributed by atoms with E-state index in [2.05, 4.69) is 0 Å². The van der Waals surface area contributed by atoms with Crippen LogP contribution in [-0.4, -0.2) is 16.9 Å². The normalized spacial score (nSPS) is 14.5. The van der Waals surface area contributed by atoms with Gasteiger partial charge in [0.15, 0.2) is 5.11 Å². The number of benzene rings is 3. The molecule has 3 aromatic rings. The Kier molecular flexibility index (Phi) is 6.07. The molecule has 1 aliphatic heterocycles. The molecule has 3 aromatic carbocycles. The molecule has 4 nitrogen and oxygen atoms in total. The number of hydrogen-bond acceptors (Lipinski definition) is 3. The molecule has 0 aromatic heterocycles. The van der Waals surface area contributed by atoms with E-state index in [1.165, 1.54) is 15.9 Å². The minimum atomic E-state index is -0.475. The molecule has 31 heavy (non-hydrogen) atoms. The number of thiocarbonyl (C=S) groups is 1. The number of carbonyl (C=O) groups is 2. The molecule has 1 fully saturated rings. The van der Waals surface area contributed by atoms with E-state index in [1.807, 2.05) is 54.6 Å². The zero-order chi connectivity index (χ0) is 21.8. The summed E-state index contributed by atoms with van der Waals surface area (Å²) in [6, 6.07) is 25.4. The molecule has 0 atom stereocenters.